The van der Waals surface area contributed by atoms with Gasteiger partial charge in [-0.05, 0) is 49.4 Å². The van der Waals surface area contributed by atoms with Crippen LogP contribution in [0.25, 0.3) is 43.8 Å². The molecule has 0 unspecified atom stereocenters. The van der Waals surface area contributed by atoms with Crippen LogP contribution in [0.3, 0.4) is 0 Å². The van der Waals surface area contributed by atoms with Crippen molar-refractivity contribution in [2.75, 3.05) is 0 Å². The molecule has 0 N–H and O–H groups in total. The van der Waals surface area contributed by atoms with Crippen LogP contribution in [0.5, 0.6) is 0 Å². The third-order valence-corrected chi connectivity index (χ3v) is 6.03. The summed E-state index contributed by atoms with van der Waals surface area (Å²) in [5.74, 6) is 0. The Morgan fingerprint density at radius 2 is 1.07 bits per heavy atom. The monoisotopic (exact) mass is 422 g/mol. The first-order chi connectivity index (χ1) is 13.9. The quantitative estimate of drug-likeness (QED) is 0.257. The van der Waals surface area contributed by atoms with E-state index in [4.69, 9.17) is 0 Å². The molecule has 0 aliphatic heterocycles. The van der Waals surface area contributed by atoms with Gasteiger partial charge in [-0.1, -0.05) is 119 Å². The second-order valence-electron chi connectivity index (χ2n) is 7.03. The molecule has 0 aliphatic rings. The van der Waals surface area contributed by atoms with Gasteiger partial charge < -0.3 is 0 Å². The minimum absolute atomic E-state index is 0.824. The molecule has 0 radical (unpaired) electrons. The van der Waals surface area contributed by atoms with Gasteiger partial charge in [-0.2, -0.15) is 0 Å². The van der Waals surface area contributed by atoms with Gasteiger partial charge in [-0.25, -0.2) is 0 Å². The molecule has 0 fully saturated rings. The maximum Gasteiger partial charge on any atom is 0.0289 e. The zero-order valence-corrected chi connectivity index (χ0v) is 17.0. The molecule has 0 bridgehead atoms. The lowest BCUT2D eigenvalue weighted by Gasteiger charge is -2.19. The van der Waals surface area contributed by atoms with Crippen LogP contribution >= 0.6 is 15.9 Å². The van der Waals surface area contributed by atoms with E-state index in [-0.39, 0.29) is 0 Å². The fourth-order valence-corrected chi connectivity index (χ4v) is 4.59. The molecule has 5 rings (SSSR count). The van der Waals surface area contributed by atoms with Crippen LogP contribution in [0.1, 0.15) is 5.56 Å². The zero-order valence-electron chi connectivity index (χ0n) is 15.4. The minimum atomic E-state index is 0.824. The standard InChI is InChI=1S/C27H19Br/c28-18-22-15-14-20-10-4-6-12-23(20)26(22)27-24-13-7-5-11-21(24)16-17-25(27)19-8-2-1-3-9-19/h1-17H,18H2. The van der Waals surface area contributed by atoms with Crippen LogP contribution in [0.15, 0.2) is 103 Å². The Morgan fingerprint density at radius 1 is 0.500 bits per heavy atom. The average molecular weight is 423 g/mol. The predicted octanol–water partition coefficient (Wildman–Crippen LogP) is 8.22. The number of benzene rings is 5. The molecule has 0 amide bonds. The summed E-state index contributed by atoms with van der Waals surface area (Å²) in [6.45, 7) is 0. The first-order valence-corrected chi connectivity index (χ1v) is 10.6. The van der Waals surface area contributed by atoms with Gasteiger partial charge in [0, 0.05) is 5.33 Å². The van der Waals surface area contributed by atoms with E-state index >= 15 is 0 Å². The maximum atomic E-state index is 3.74. The molecule has 0 saturated carbocycles. The molecular formula is C27H19Br. The summed E-state index contributed by atoms with van der Waals surface area (Å²) in [4.78, 5) is 0. The Bertz CT molecular complexity index is 1290. The molecule has 0 heterocycles. The summed E-state index contributed by atoms with van der Waals surface area (Å²) in [6, 6.07) is 37.1. The van der Waals surface area contributed by atoms with Gasteiger partial charge in [-0.3, -0.25) is 0 Å². The van der Waals surface area contributed by atoms with Gasteiger partial charge in [0.05, 0.1) is 0 Å². The van der Waals surface area contributed by atoms with Gasteiger partial charge in [-0.15, -0.1) is 0 Å². The fourth-order valence-electron chi connectivity index (χ4n) is 4.12. The molecular weight excluding hydrogens is 404 g/mol. The third-order valence-electron chi connectivity index (χ3n) is 5.42. The second kappa shape index (κ2) is 7.26. The summed E-state index contributed by atoms with van der Waals surface area (Å²) in [5.41, 5.74) is 6.47. The number of alkyl halides is 1. The lowest BCUT2D eigenvalue weighted by atomic mass is 9.85. The van der Waals surface area contributed by atoms with Crippen molar-refractivity contribution in [3.05, 3.63) is 109 Å². The van der Waals surface area contributed by atoms with Gasteiger partial charge in [0.2, 0.25) is 0 Å². The Balaban J connectivity index is 1.98. The van der Waals surface area contributed by atoms with Crippen molar-refractivity contribution in [3.8, 4) is 22.3 Å². The van der Waals surface area contributed by atoms with Crippen LogP contribution < -0.4 is 0 Å². The van der Waals surface area contributed by atoms with Crippen molar-refractivity contribution in [2.24, 2.45) is 0 Å². The lowest BCUT2D eigenvalue weighted by Crippen LogP contribution is -1.93. The molecule has 5 aromatic rings. The Kier molecular flexibility index (Phi) is 4.46. The van der Waals surface area contributed by atoms with E-state index in [0.717, 1.165) is 5.33 Å². The summed E-state index contributed by atoms with van der Waals surface area (Å²) in [5, 5.41) is 5.96. The highest BCUT2D eigenvalue weighted by molar-refractivity contribution is 9.08. The fraction of sp³-hybridized carbons (Fsp3) is 0.0370. The number of hydrogen-bond acceptors (Lipinski definition) is 0. The van der Waals surface area contributed by atoms with Gasteiger partial charge in [0.25, 0.3) is 0 Å². The van der Waals surface area contributed by atoms with Crippen molar-refractivity contribution in [2.45, 2.75) is 5.33 Å². The highest BCUT2D eigenvalue weighted by Gasteiger charge is 2.17. The lowest BCUT2D eigenvalue weighted by molar-refractivity contribution is 1.46. The summed E-state index contributed by atoms with van der Waals surface area (Å²) in [7, 11) is 0. The van der Waals surface area contributed by atoms with Gasteiger partial charge in [0.15, 0.2) is 0 Å². The SMILES string of the molecule is BrCc1ccc2ccccc2c1-c1c(-c2ccccc2)ccc2ccccc12. The maximum absolute atomic E-state index is 3.74. The average Bonchev–Trinajstić information content (AvgIpc) is 2.78. The Morgan fingerprint density at radius 3 is 1.75 bits per heavy atom. The van der Waals surface area contributed by atoms with E-state index in [0.29, 0.717) is 0 Å². The highest BCUT2D eigenvalue weighted by atomic mass is 79.9. The zero-order chi connectivity index (χ0) is 18.9. The van der Waals surface area contributed by atoms with Crippen LogP contribution in [-0.2, 0) is 5.33 Å². The largest absolute Gasteiger partial charge is 0.0876 e. The first kappa shape index (κ1) is 17.2. The summed E-state index contributed by atoms with van der Waals surface area (Å²) in [6.07, 6.45) is 0. The number of fused-ring (bicyclic) bond motifs is 2. The van der Waals surface area contributed by atoms with E-state index in [9.17, 15) is 0 Å². The van der Waals surface area contributed by atoms with Crippen molar-refractivity contribution in [1.29, 1.82) is 0 Å². The molecule has 134 valence electrons. The van der Waals surface area contributed by atoms with Gasteiger partial charge in [0.1, 0.15) is 0 Å². The number of rotatable bonds is 3. The molecule has 0 aliphatic carbocycles. The minimum Gasteiger partial charge on any atom is -0.0876 e. The van der Waals surface area contributed by atoms with Crippen molar-refractivity contribution < 1.29 is 0 Å². The van der Waals surface area contributed by atoms with E-state index in [1.807, 2.05) is 0 Å². The third kappa shape index (κ3) is 2.83. The van der Waals surface area contributed by atoms with Crippen LogP contribution in [0.2, 0.25) is 0 Å². The molecule has 28 heavy (non-hydrogen) atoms. The van der Waals surface area contributed by atoms with Crippen LogP contribution in [-0.4, -0.2) is 0 Å². The molecule has 0 atom stereocenters. The Labute approximate surface area is 173 Å². The topological polar surface area (TPSA) is 0 Å². The molecule has 0 saturated heterocycles. The predicted molar refractivity (Wildman–Crippen MR) is 125 cm³/mol. The smallest absolute Gasteiger partial charge is 0.0289 e. The van der Waals surface area contributed by atoms with E-state index in [1.54, 1.807) is 0 Å². The van der Waals surface area contributed by atoms with Crippen LogP contribution in [0, 0.1) is 0 Å². The van der Waals surface area contributed by atoms with Crippen LogP contribution in [0.4, 0.5) is 0 Å². The molecule has 0 aromatic heterocycles. The summed E-state index contributed by atoms with van der Waals surface area (Å²) >= 11 is 3.74. The number of halogens is 1. The van der Waals surface area contributed by atoms with Crippen molar-refractivity contribution >= 4 is 37.5 Å². The highest BCUT2D eigenvalue weighted by Crippen LogP contribution is 2.43. The second-order valence-corrected chi connectivity index (χ2v) is 7.59. The van der Waals surface area contributed by atoms with E-state index < -0.39 is 0 Å². The van der Waals surface area contributed by atoms with Crippen molar-refractivity contribution in [1.82, 2.24) is 0 Å². The van der Waals surface area contributed by atoms with Crippen molar-refractivity contribution in [3.63, 3.8) is 0 Å². The first-order valence-electron chi connectivity index (χ1n) is 9.51. The molecule has 1 heteroatoms. The summed E-state index contributed by atoms with van der Waals surface area (Å²) < 4.78 is 0. The molecule has 0 spiro atoms. The molecule has 0 nitrogen and oxygen atoms in total. The Hall–Kier alpha value is -2.90. The number of hydrogen-bond donors (Lipinski definition) is 0. The van der Waals surface area contributed by atoms with E-state index in [2.05, 4.69) is 119 Å². The van der Waals surface area contributed by atoms with E-state index in [1.165, 1.54) is 49.4 Å². The molecule has 5 aromatic carbocycles. The normalized spacial score (nSPS) is 11.2. The van der Waals surface area contributed by atoms with Gasteiger partial charge >= 0.3 is 0 Å².